The first-order valence-electron chi connectivity index (χ1n) is 5.72. The van der Waals surface area contributed by atoms with Crippen LogP contribution in [0, 0.1) is 5.92 Å². The molecule has 96 valence electrons. The summed E-state index contributed by atoms with van der Waals surface area (Å²) in [5.74, 6) is 0.818. The van der Waals surface area contributed by atoms with E-state index in [0.717, 1.165) is 32.5 Å². The first-order valence-corrected chi connectivity index (χ1v) is 7.01. The Hall–Kier alpha value is 0.0700. The number of rotatable bonds is 5. The Bertz CT molecular complexity index is 198. The van der Waals surface area contributed by atoms with Crippen LogP contribution >= 0.6 is 24.2 Å². The van der Waals surface area contributed by atoms with Gasteiger partial charge in [0.25, 0.3) is 0 Å². The zero-order valence-corrected chi connectivity index (χ0v) is 11.8. The molecule has 0 aliphatic carbocycles. The Morgan fingerprint density at radius 3 is 2.69 bits per heavy atom. The summed E-state index contributed by atoms with van der Waals surface area (Å²) in [4.78, 5) is 11.6. The van der Waals surface area contributed by atoms with Gasteiger partial charge in [0.05, 0.1) is 0 Å². The highest BCUT2D eigenvalue weighted by molar-refractivity contribution is 7.99. The summed E-state index contributed by atoms with van der Waals surface area (Å²) in [6.45, 7) is 5.07. The van der Waals surface area contributed by atoms with Gasteiger partial charge in [0.15, 0.2) is 0 Å². The zero-order chi connectivity index (χ0) is 11.1. The highest BCUT2D eigenvalue weighted by atomic mass is 35.5. The van der Waals surface area contributed by atoms with Crippen molar-refractivity contribution in [2.24, 2.45) is 5.92 Å². The first-order chi connectivity index (χ1) is 7.22. The van der Waals surface area contributed by atoms with Crippen LogP contribution in [0.25, 0.3) is 0 Å². The molecule has 1 unspecified atom stereocenters. The number of hydrogen-bond acceptors (Lipinski definition) is 3. The predicted octanol–water partition coefficient (Wildman–Crippen LogP) is 1.67. The minimum atomic E-state index is 0. The van der Waals surface area contributed by atoms with Gasteiger partial charge in [-0.05, 0) is 38.1 Å². The molecule has 0 bridgehead atoms. The molecule has 16 heavy (non-hydrogen) atoms. The number of amides is 1. The largest absolute Gasteiger partial charge is 0.355 e. The van der Waals surface area contributed by atoms with E-state index in [4.69, 9.17) is 0 Å². The number of nitrogens with one attached hydrogen (secondary N) is 2. The lowest BCUT2D eigenvalue weighted by Crippen LogP contribution is -2.34. The van der Waals surface area contributed by atoms with Crippen molar-refractivity contribution in [3.05, 3.63) is 0 Å². The van der Waals surface area contributed by atoms with Gasteiger partial charge in [-0.2, -0.15) is 11.8 Å². The van der Waals surface area contributed by atoms with Crippen molar-refractivity contribution in [2.75, 3.05) is 25.9 Å². The van der Waals surface area contributed by atoms with E-state index in [-0.39, 0.29) is 18.3 Å². The van der Waals surface area contributed by atoms with Gasteiger partial charge in [-0.1, -0.05) is 6.92 Å². The van der Waals surface area contributed by atoms with E-state index < -0.39 is 0 Å². The highest BCUT2D eigenvalue weighted by Gasteiger charge is 2.16. The maximum Gasteiger partial charge on any atom is 0.220 e. The third-order valence-electron chi connectivity index (χ3n) is 2.92. The van der Waals surface area contributed by atoms with E-state index in [1.165, 1.54) is 0 Å². The molecule has 0 radical (unpaired) electrons. The third kappa shape index (κ3) is 6.61. The standard InChI is InChI=1S/C11H22N2OS.ClH/c1-9(15-2)8-13-11(14)7-10-3-5-12-6-4-10;/h9-10,12H,3-8H2,1-2H3,(H,13,14);1H. The monoisotopic (exact) mass is 266 g/mol. The lowest BCUT2D eigenvalue weighted by atomic mass is 9.94. The molecule has 0 saturated carbocycles. The molecule has 0 aromatic carbocycles. The fourth-order valence-electron chi connectivity index (χ4n) is 1.76. The third-order valence-corrected chi connectivity index (χ3v) is 3.89. The summed E-state index contributed by atoms with van der Waals surface area (Å²) < 4.78 is 0. The van der Waals surface area contributed by atoms with Crippen LogP contribution in [0.5, 0.6) is 0 Å². The lowest BCUT2D eigenvalue weighted by Gasteiger charge is -2.22. The molecule has 1 aliphatic rings. The minimum absolute atomic E-state index is 0. The number of carbonyl (C=O) groups excluding carboxylic acids is 1. The smallest absolute Gasteiger partial charge is 0.220 e. The molecule has 5 heteroatoms. The summed E-state index contributed by atoms with van der Waals surface area (Å²) in [5.41, 5.74) is 0. The summed E-state index contributed by atoms with van der Waals surface area (Å²) in [6, 6.07) is 0. The Morgan fingerprint density at radius 2 is 2.12 bits per heavy atom. The van der Waals surface area contributed by atoms with E-state index in [1.54, 1.807) is 11.8 Å². The lowest BCUT2D eigenvalue weighted by molar-refractivity contribution is -0.122. The molecule has 0 spiro atoms. The van der Waals surface area contributed by atoms with E-state index in [2.05, 4.69) is 23.8 Å². The molecule has 1 heterocycles. The highest BCUT2D eigenvalue weighted by Crippen LogP contribution is 2.15. The van der Waals surface area contributed by atoms with Gasteiger partial charge >= 0.3 is 0 Å². The van der Waals surface area contributed by atoms with E-state index in [1.807, 2.05) is 0 Å². The second-order valence-electron chi connectivity index (χ2n) is 4.25. The zero-order valence-electron chi connectivity index (χ0n) is 10.1. The second kappa shape index (κ2) is 9.14. The Labute approximate surface area is 109 Å². The maximum atomic E-state index is 11.6. The fraction of sp³-hybridized carbons (Fsp3) is 0.909. The number of hydrogen-bond donors (Lipinski definition) is 2. The van der Waals surface area contributed by atoms with Gasteiger partial charge in [-0.25, -0.2) is 0 Å². The van der Waals surface area contributed by atoms with Crippen molar-refractivity contribution in [1.29, 1.82) is 0 Å². The average Bonchev–Trinajstić information content (AvgIpc) is 2.27. The normalized spacial score (nSPS) is 18.6. The fourth-order valence-corrected chi connectivity index (χ4v) is 2.01. The molecule has 0 aromatic heterocycles. The van der Waals surface area contributed by atoms with Crippen molar-refractivity contribution in [3.8, 4) is 0 Å². The van der Waals surface area contributed by atoms with Crippen LogP contribution in [0.1, 0.15) is 26.2 Å². The summed E-state index contributed by atoms with van der Waals surface area (Å²) in [7, 11) is 0. The summed E-state index contributed by atoms with van der Waals surface area (Å²) in [5, 5.41) is 6.83. The van der Waals surface area contributed by atoms with Crippen LogP contribution in [0.15, 0.2) is 0 Å². The van der Waals surface area contributed by atoms with Gasteiger partial charge in [0.1, 0.15) is 0 Å². The van der Waals surface area contributed by atoms with E-state index in [0.29, 0.717) is 17.6 Å². The van der Waals surface area contributed by atoms with Crippen molar-refractivity contribution in [1.82, 2.24) is 10.6 Å². The molecule has 3 nitrogen and oxygen atoms in total. The van der Waals surface area contributed by atoms with Crippen molar-refractivity contribution < 1.29 is 4.79 Å². The predicted molar refractivity (Wildman–Crippen MR) is 73.4 cm³/mol. The molecule has 1 aliphatic heterocycles. The summed E-state index contributed by atoms with van der Waals surface area (Å²) in [6.07, 6.45) is 5.07. The molecular weight excluding hydrogens is 244 g/mol. The maximum absolute atomic E-state index is 11.6. The molecule has 0 aromatic rings. The van der Waals surface area contributed by atoms with E-state index >= 15 is 0 Å². The van der Waals surface area contributed by atoms with Gasteiger partial charge < -0.3 is 10.6 Å². The molecule has 1 fully saturated rings. The number of piperidine rings is 1. The first kappa shape index (κ1) is 16.1. The molecule has 1 saturated heterocycles. The molecule has 1 amide bonds. The van der Waals surface area contributed by atoms with Gasteiger partial charge in [-0.15, -0.1) is 12.4 Å². The van der Waals surface area contributed by atoms with Crippen molar-refractivity contribution in [2.45, 2.75) is 31.4 Å². The van der Waals surface area contributed by atoms with Crippen LogP contribution in [0.2, 0.25) is 0 Å². The number of thioether (sulfide) groups is 1. The number of halogens is 1. The molecular formula is C11H23ClN2OS. The van der Waals surface area contributed by atoms with Crippen LogP contribution in [-0.4, -0.2) is 37.0 Å². The number of carbonyl (C=O) groups is 1. The molecule has 2 N–H and O–H groups in total. The van der Waals surface area contributed by atoms with Gasteiger partial charge in [-0.3, -0.25) is 4.79 Å². The quantitative estimate of drug-likeness (QED) is 0.795. The van der Waals surface area contributed by atoms with E-state index in [9.17, 15) is 4.79 Å². The van der Waals surface area contributed by atoms with Crippen molar-refractivity contribution >= 4 is 30.1 Å². The SMILES string of the molecule is CSC(C)CNC(=O)CC1CCNCC1.Cl. The van der Waals surface area contributed by atoms with Gasteiger partial charge in [0.2, 0.25) is 5.91 Å². The van der Waals surface area contributed by atoms with Crippen LogP contribution < -0.4 is 10.6 Å². The minimum Gasteiger partial charge on any atom is -0.355 e. The average molecular weight is 267 g/mol. The summed E-state index contributed by atoms with van der Waals surface area (Å²) >= 11 is 1.79. The van der Waals surface area contributed by atoms with Crippen LogP contribution in [-0.2, 0) is 4.79 Å². The molecule has 1 rings (SSSR count). The van der Waals surface area contributed by atoms with Crippen LogP contribution in [0.4, 0.5) is 0 Å². The van der Waals surface area contributed by atoms with Crippen LogP contribution in [0.3, 0.4) is 0 Å². The molecule has 1 atom stereocenters. The topological polar surface area (TPSA) is 41.1 Å². The Morgan fingerprint density at radius 1 is 1.50 bits per heavy atom. The van der Waals surface area contributed by atoms with Gasteiger partial charge in [0, 0.05) is 18.2 Å². The van der Waals surface area contributed by atoms with Crippen molar-refractivity contribution in [3.63, 3.8) is 0 Å². The Balaban J connectivity index is 0.00000225. The second-order valence-corrected chi connectivity index (χ2v) is 5.52. The Kier molecular flexibility index (Phi) is 9.18.